The summed E-state index contributed by atoms with van der Waals surface area (Å²) < 4.78 is 0. The lowest BCUT2D eigenvalue weighted by Gasteiger charge is -2.27. The molecule has 0 saturated heterocycles. The van der Waals surface area contributed by atoms with Gasteiger partial charge in [-0.1, -0.05) is 57.5 Å². The molecular formula is C17H27NO. The summed E-state index contributed by atoms with van der Waals surface area (Å²) in [5.41, 5.74) is 1.16. The van der Waals surface area contributed by atoms with E-state index in [2.05, 4.69) is 32.9 Å². The van der Waals surface area contributed by atoms with Crippen molar-refractivity contribution in [3.05, 3.63) is 35.9 Å². The Balaban J connectivity index is 2.87. The Morgan fingerprint density at radius 1 is 1.00 bits per heavy atom. The molecule has 0 aliphatic heterocycles. The van der Waals surface area contributed by atoms with Crippen molar-refractivity contribution in [2.75, 3.05) is 13.1 Å². The predicted octanol–water partition coefficient (Wildman–Crippen LogP) is 4.22. The maximum Gasteiger partial charge on any atom is 0.230 e. The summed E-state index contributed by atoms with van der Waals surface area (Å²) in [5, 5.41) is 0. The van der Waals surface area contributed by atoms with Gasteiger partial charge in [0.15, 0.2) is 0 Å². The minimum Gasteiger partial charge on any atom is -0.342 e. The SMILES string of the molecule is CCCC(C(=O)N(CCC)CCC)c1ccccc1. The third-order valence-corrected chi connectivity index (χ3v) is 3.38. The van der Waals surface area contributed by atoms with Crippen LogP contribution in [0.25, 0.3) is 0 Å². The summed E-state index contributed by atoms with van der Waals surface area (Å²) in [4.78, 5) is 14.8. The molecule has 1 aromatic carbocycles. The quantitative estimate of drug-likeness (QED) is 0.686. The maximum atomic E-state index is 12.7. The Bertz CT molecular complexity index is 355. The summed E-state index contributed by atoms with van der Waals surface area (Å²) in [5.74, 6) is 0.334. The van der Waals surface area contributed by atoms with Gasteiger partial charge in [-0.25, -0.2) is 0 Å². The first-order valence-corrected chi connectivity index (χ1v) is 7.58. The van der Waals surface area contributed by atoms with Crippen LogP contribution in [0.2, 0.25) is 0 Å². The Labute approximate surface area is 117 Å². The fourth-order valence-corrected chi connectivity index (χ4v) is 2.50. The number of nitrogens with zero attached hydrogens (tertiary/aromatic N) is 1. The number of benzene rings is 1. The molecule has 0 aliphatic carbocycles. The summed E-state index contributed by atoms with van der Waals surface area (Å²) in [6, 6.07) is 10.2. The van der Waals surface area contributed by atoms with Gasteiger partial charge in [0, 0.05) is 13.1 Å². The number of amides is 1. The standard InChI is InChI=1S/C17H27NO/c1-4-10-16(15-11-8-7-9-12-15)17(19)18(13-5-2)14-6-3/h7-9,11-12,16H,4-6,10,13-14H2,1-3H3. The third-order valence-electron chi connectivity index (χ3n) is 3.38. The van der Waals surface area contributed by atoms with Gasteiger partial charge in [-0.15, -0.1) is 0 Å². The van der Waals surface area contributed by atoms with Crippen molar-refractivity contribution in [3.63, 3.8) is 0 Å². The first-order chi connectivity index (χ1) is 9.24. The molecule has 1 rings (SSSR count). The van der Waals surface area contributed by atoms with Crippen molar-refractivity contribution >= 4 is 5.91 Å². The van der Waals surface area contributed by atoms with E-state index in [9.17, 15) is 4.79 Å². The molecule has 2 nitrogen and oxygen atoms in total. The lowest BCUT2D eigenvalue weighted by molar-refractivity contribution is -0.133. The highest BCUT2D eigenvalue weighted by atomic mass is 16.2. The van der Waals surface area contributed by atoms with Crippen LogP contribution in [0.1, 0.15) is 57.9 Å². The number of hydrogen-bond acceptors (Lipinski definition) is 1. The smallest absolute Gasteiger partial charge is 0.230 e. The first kappa shape index (κ1) is 15.7. The van der Waals surface area contributed by atoms with Crippen molar-refractivity contribution in [1.82, 2.24) is 4.90 Å². The lowest BCUT2D eigenvalue weighted by Crippen LogP contribution is -2.36. The zero-order chi connectivity index (χ0) is 14.1. The molecule has 0 heterocycles. The molecule has 0 saturated carbocycles. The highest BCUT2D eigenvalue weighted by Gasteiger charge is 2.24. The molecule has 0 aromatic heterocycles. The van der Waals surface area contributed by atoms with Crippen LogP contribution in [0.4, 0.5) is 0 Å². The van der Waals surface area contributed by atoms with Gasteiger partial charge in [0.05, 0.1) is 5.92 Å². The van der Waals surface area contributed by atoms with Gasteiger partial charge in [0.2, 0.25) is 5.91 Å². The van der Waals surface area contributed by atoms with E-state index in [4.69, 9.17) is 0 Å². The topological polar surface area (TPSA) is 20.3 Å². The predicted molar refractivity (Wildman–Crippen MR) is 81.3 cm³/mol. The molecule has 2 heteroatoms. The van der Waals surface area contributed by atoms with Crippen LogP contribution >= 0.6 is 0 Å². The van der Waals surface area contributed by atoms with Crippen molar-refractivity contribution in [2.45, 2.75) is 52.4 Å². The second kappa shape index (κ2) is 8.73. The van der Waals surface area contributed by atoms with Crippen LogP contribution in [-0.2, 0) is 4.79 Å². The maximum absolute atomic E-state index is 12.7. The van der Waals surface area contributed by atoms with Crippen LogP contribution < -0.4 is 0 Å². The molecule has 0 aliphatic rings. The Morgan fingerprint density at radius 2 is 1.58 bits per heavy atom. The molecule has 0 radical (unpaired) electrons. The van der Waals surface area contributed by atoms with Gasteiger partial charge < -0.3 is 4.90 Å². The number of carbonyl (C=O) groups excluding carboxylic acids is 1. The Kier molecular flexibility index (Phi) is 7.24. The van der Waals surface area contributed by atoms with Crippen LogP contribution in [0, 0.1) is 0 Å². The number of carbonyl (C=O) groups is 1. The van der Waals surface area contributed by atoms with Crippen LogP contribution in [0.5, 0.6) is 0 Å². The highest BCUT2D eigenvalue weighted by molar-refractivity contribution is 5.83. The van der Waals surface area contributed by atoms with Gasteiger partial charge >= 0.3 is 0 Å². The lowest BCUT2D eigenvalue weighted by atomic mass is 9.93. The summed E-state index contributed by atoms with van der Waals surface area (Å²) >= 11 is 0. The van der Waals surface area contributed by atoms with Crippen LogP contribution in [-0.4, -0.2) is 23.9 Å². The fraction of sp³-hybridized carbons (Fsp3) is 0.588. The minimum atomic E-state index is 0.0318. The molecule has 106 valence electrons. The summed E-state index contributed by atoms with van der Waals surface area (Å²) in [7, 11) is 0. The van der Waals surface area contributed by atoms with Crippen molar-refractivity contribution in [3.8, 4) is 0 Å². The van der Waals surface area contributed by atoms with Crippen molar-refractivity contribution in [2.24, 2.45) is 0 Å². The van der Waals surface area contributed by atoms with E-state index in [1.165, 1.54) is 0 Å². The van der Waals surface area contributed by atoms with E-state index in [0.29, 0.717) is 5.91 Å². The van der Waals surface area contributed by atoms with Crippen molar-refractivity contribution in [1.29, 1.82) is 0 Å². The Hall–Kier alpha value is -1.31. The fourth-order valence-electron chi connectivity index (χ4n) is 2.50. The molecule has 0 bridgehead atoms. The molecular weight excluding hydrogens is 234 g/mol. The zero-order valence-corrected chi connectivity index (χ0v) is 12.6. The van der Waals surface area contributed by atoms with E-state index >= 15 is 0 Å². The van der Waals surface area contributed by atoms with Gasteiger partial charge in [-0.2, -0.15) is 0 Å². The molecule has 1 unspecified atom stereocenters. The largest absolute Gasteiger partial charge is 0.342 e. The van der Waals surface area contributed by atoms with Gasteiger partial charge in [-0.05, 0) is 24.8 Å². The second-order valence-electron chi connectivity index (χ2n) is 5.08. The normalized spacial score (nSPS) is 12.2. The van der Waals surface area contributed by atoms with Gasteiger partial charge in [-0.3, -0.25) is 4.79 Å². The average Bonchev–Trinajstić information content (AvgIpc) is 2.45. The third kappa shape index (κ3) is 4.70. The minimum absolute atomic E-state index is 0.0318. The number of rotatable bonds is 8. The van der Waals surface area contributed by atoms with E-state index in [1.807, 2.05) is 23.1 Å². The van der Waals surface area contributed by atoms with E-state index < -0.39 is 0 Å². The highest BCUT2D eigenvalue weighted by Crippen LogP contribution is 2.24. The van der Waals surface area contributed by atoms with Gasteiger partial charge in [0.25, 0.3) is 0 Å². The molecule has 19 heavy (non-hydrogen) atoms. The molecule has 0 spiro atoms. The van der Waals surface area contributed by atoms with Gasteiger partial charge in [0.1, 0.15) is 0 Å². The van der Waals surface area contributed by atoms with E-state index in [-0.39, 0.29) is 5.92 Å². The summed E-state index contributed by atoms with van der Waals surface area (Å²) in [6.07, 6.45) is 4.03. The molecule has 1 atom stereocenters. The van der Waals surface area contributed by atoms with Crippen LogP contribution in [0.3, 0.4) is 0 Å². The zero-order valence-electron chi connectivity index (χ0n) is 12.6. The molecule has 1 aromatic rings. The number of hydrogen-bond donors (Lipinski definition) is 0. The molecule has 0 fully saturated rings. The second-order valence-corrected chi connectivity index (χ2v) is 5.08. The monoisotopic (exact) mass is 261 g/mol. The van der Waals surface area contributed by atoms with Crippen molar-refractivity contribution < 1.29 is 4.79 Å². The molecule has 1 amide bonds. The van der Waals surface area contributed by atoms with E-state index in [0.717, 1.165) is 44.3 Å². The Morgan fingerprint density at radius 3 is 2.05 bits per heavy atom. The van der Waals surface area contributed by atoms with E-state index in [1.54, 1.807) is 0 Å². The molecule has 0 N–H and O–H groups in total. The average molecular weight is 261 g/mol. The summed E-state index contributed by atoms with van der Waals surface area (Å²) in [6.45, 7) is 8.16. The van der Waals surface area contributed by atoms with Crippen LogP contribution in [0.15, 0.2) is 30.3 Å². The first-order valence-electron chi connectivity index (χ1n) is 7.58.